The van der Waals surface area contributed by atoms with Gasteiger partial charge in [0.25, 0.3) is 11.6 Å². The molecule has 0 unspecified atom stereocenters. The molecular formula is C12H18N4O3. The number of hydrogen-bond acceptors (Lipinski definition) is 4. The van der Waals surface area contributed by atoms with Crippen LogP contribution in [0.2, 0.25) is 0 Å². The van der Waals surface area contributed by atoms with Gasteiger partial charge in [-0.15, -0.1) is 0 Å². The van der Waals surface area contributed by atoms with Crippen molar-refractivity contribution < 1.29 is 9.72 Å². The summed E-state index contributed by atoms with van der Waals surface area (Å²) >= 11 is 0. The van der Waals surface area contributed by atoms with Gasteiger partial charge in [-0.05, 0) is 26.2 Å². The van der Waals surface area contributed by atoms with Crippen LogP contribution in [-0.4, -0.2) is 27.5 Å². The highest BCUT2D eigenvalue weighted by Gasteiger charge is 2.33. The summed E-state index contributed by atoms with van der Waals surface area (Å²) in [5, 5.41) is 13.5. The molecule has 1 amide bonds. The smallest absolute Gasteiger partial charge is 0.287 e. The van der Waals surface area contributed by atoms with Crippen LogP contribution in [0.5, 0.6) is 0 Å². The van der Waals surface area contributed by atoms with E-state index in [-0.39, 0.29) is 17.1 Å². The van der Waals surface area contributed by atoms with Gasteiger partial charge in [0.1, 0.15) is 5.69 Å². The van der Waals surface area contributed by atoms with Crippen molar-refractivity contribution in [2.75, 3.05) is 6.54 Å². The fourth-order valence-corrected chi connectivity index (χ4v) is 2.20. The van der Waals surface area contributed by atoms with Crippen LogP contribution in [0.25, 0.3) is 0 Å². The molecule has 0 radical (unpaired) electrons. The molecule has 1 saturated carbocycles. The van der Waals surface area contributed by atoms with Crippen LogP contribution < -0.4 is 11.1 Å². The van der Waals surface area contributed by atoms with Gasteiger partial charge in [0, 0.05) is 24.7 Å². The van der Waals surface area contributed by atoms with Gasteiger partial charge in [-0.3, -0.25) is 14.9 Å². The van der Waals surface area contributed by atoms with E-state index in [1.807, 2.05) is 6.92 Å². The topological polar surface area (TPSA) is 103 Å². The summed E-state index contributed by atoms with van der Waals surface area (Å²) in [6.07, 6.45) is 4.27. The lowest BCUT2D eigenvalue weighted by molar-refractivity contribution is -0.384. The van der Waals surface area contributed by atoms with Crippen LogP contribution in [0.15, 0.2) is 12.3 Å². The number of hydrogen-bond donors (Lipinski definition) is 2. The number of rotatable bonds is 5. The summed E-state index contributed by atoms with van der Waals surface area (Å²) in [5.41, 5.74) is 5.95. The Morgan fingerprint density at radius 1 is 1.63 bits per heavy atom. The number of nitro groups is 1. The molecule has 7 nitrogen and oxygen atoms in total. The number of nitrogens with one attached hydrogen (secondary N) is 1. The monoisotopic (exact) mass is 266 g/mol. The van der Waals surface area contributed by atoms with Crippen molar-refractivity contribution in [1.29, 1.82) is 0 Å². The van der Waals surface area contributed by atoms with Gasteiger partial charge in [-0.1, -0.05) is 0 Å². The number of aryl methyl sites for hydroxylation is 1. The molecule has 0 aromatic carbocycles. The number of nitrogens with two attached hydrogens (primary N) is 1. The third-order valence-electron chi connectivity index (χ3n) is 3.62. The summed E-state index contributed by atoms with van der Waals surface area (Å²) in [6.45, 7) is 2.75. The van der Waals surface area contributed by atoms with Gasteiger partial charge in [0.05, 0.1) is 11.1 Å². The summed E-state index contributed by atoms with van der Waals surface area (Å²) in [7, 11) is 0. The lowest BCUT2D eigenvalue weighted by Gasteiger charge is -2.38. The molecule has 104 valence electrons. The minimum absolute atomic E-state index is 0.0712. The Kier molecular flexibility index (Phi) is 3.57. The number of nitrogens with zero attached hydrogens (tertiary/aromatic N) is 2. The van der Waals surface area contributed by atoms with Crippen LogP contribution in [0.3, 0.4) is 0 Å². The Balaban J connectivity index is 2.07. The third kappa shape index (κ3) is 2.76. The first-order valence-electron chi connectivity index (χ1n) is 6.37. The lowest BCUT2D eigenvalue weighted by Crippen LogP contribution is -2.55. The standard InChI is InChI=1S/C12H18N4O3/c1-2-15-7-9(16(18)19)6-10(15)11(17)14-8-12(13)4-3-5-12/h6-7H,2-5,8,13H2,1H3,(H,14,17). The van der Waals surface area contributed by atoms with Crippen molar-refractivity contribution in [3.63, 3.8) is 0 Å². The van der Waals surface area contributed by atoms with Gasteiger partial charge in [0.15, 0.2) is 0 Å². The molecule has 0 saturated heterocycles. The second-order valence-corrected chi connectivity index (χ2v) is 5.03. The summed E-state index contributed by atoms with van der Waals surface area (Å²) in [4.78, 5) is 22.3. The van der Waals surface area contributed by atoms with E-state index in [0.717, 1.165) is 19.3 Å². The maximum atomic E-state index is 12.0. The minimum Gasteiger partial charge on any atom is -0.349 e. The van der Waals surface area contributed by atoms with Crippen LogP contribution in [-0.2, 0) is 6.54 Å². The van der Waals surface area contributed by atoms with E-state index >= 15 is 0 Å². The minimum atomic E-state index is -0.501. The molecule has 0 atom stereocenters. The Hall–Kier alpha value is -1.89. The number of aromatic nitrogens is 1. The maximum Gasteiger partial charge on any atom is 0.287 e. The number of carbonyl (C=O) groups excluding carboxylic acids is 1. The molecule has 1 heterocycles. The Morgan fingerprint density at radius 3 is 2.79 bits per heavy atom. The van der Waals surface area contributed by atoms with E-state index in [2.05, 4.69) is 5.32 Å². The summed E-state index contributed by atoms with van der Waals surface area (Å²) in [6, 6.07) is 1.29. The molecule has 0 spiro atoms. The van der Waals surface area contributed by atoms with Gasteiger partial charge >= 0.3 is 0 Å². The molecule has 1 aliphatic carbocycles. The van der Waals surface area contributed by atoms with E-state index in [1.165, 1.54) is 12.3 Å². The van der Waals surface area contributed by atoms with Crippen molar-refractivity contribution in [3.05, 3.63) is 28.1 Å². The molecule has 0 aliphatic heterocycles. The average Bonchev–Trinajstić information content (AvgIpc) is 2.77. The fourth-order valence-electron chi connectivity index (χ4n) is 2.20. The number of amides is 1. The first-order chi connectivity index (χ1) is 8.95. The predicted octanol–water partition coefficient (Wildman–Crippen LogP) is 1.03. The summed E-state index contributed by atoms with van der Waals surface area (Å²) < 4.78 is 1.57. The van der Waals surface area contributed by atoms with Gasteiger partial charge in [-0.25, -0.2) is 0 Å². The van der Waals surface area contributed by atoms with E-state index in [1.54, 1.807) is 4.57 Å². The van der Waals surface area contributed by atoms with Crippen molar-refractivity contribution in [3.8, 4) is 0 Å². The van der Waals surface area contributed by atoms with Gasteiger partial charge < -0.3 is 15.6 Å². The van der Waals surface area contributed by atoms with Crippen molar-refractivity contribution in [1.82, 2.24) is 9.88 Å². The highest BCUT2D eigenvalue weighted by molar-refractivity contribution is 5.93. The predicted molar refractivity (Wildman–Crippen MR) is 69.9 cm³/mol. The SMILES string of the molecule is CCn1cc([N+](=O)[O-])cc1C(=O)NCC1(N)CCC1. The zero-order valence-electron chi connectivity index (χ0n) is 10.9. The number of carbonyl (C=O) groups is 1. The van der Waals surface area contributed by atoms with Gasteiger partial charge in [0.2, 0.25) is 0 Å². The van der Waals surface area contributed by atoms with E-state index in [4.69, 9.17) is 5.73 Å². The van der Waals surface area contributed by atoms with Crippen molar-refractivity contribution >= 4 is 11.6 Å². The highest BCUT2D eigenvalue weighted by Crippen LogP contribution is 2.28. The Morgan fingerprint density at radius 2 is 2.32 bits per heavy atom. The second kappa shape index (κ2) is 5.00. The summed E-state index contributed by atoms with van der Waals surface area (Å²) in [5.74, 6) is -0.313. The Labute approximate surface area is 110 Å². The van der Waals surface area contributed by atoms with Crippen LogP contribution >= 0.6 is 0 Å². The third-order valence-corrected chi connectivity index (χ3v) is 3.62. The van der Waals surface area contributed by atoms with E-state index < -0.39 is 4.92 Å². The quantitative estimate of drug-likeness (QED) is 0.613. The molecule has 0 bridgehead atoms. The fraction of sp³-hybridized carbons (Fsp3) is 0.583. The molecule has 1 aromatic heterocycles. The van der Waals surface area contributed by atoms with E-state index in [9.17, 15) is 14.9 Å². The Bertz CT molecular complexity index is 505. The molecule has 1 fully saturated rings. The zero-order valence-corrected chi connectivity index (χ0v) is 10.9. The molecule has 1 aliphatic rings. The molecule has 2 rings (SSSR count). The molecule has 7 heteroatoms. The zero-order chi connectivity index (χ0) is 14.0. The van der Waals surface area contributed by atoms with Crippen LogP contribution in [0, 0.1) is 10.1 Å². The largest absolute Gasteiger partial charge is 0.349 e. The lowest BCUT2D eigenvalue weighted by atomic mass is 9.78. The molecular weight excluding hydrogens is 248 g/mol. The molecule has 3 N–H and O–H groups in total. The first-order valence-corrected chi connectivity index (χ1v) is 6.37. The van der Waals surface area contributed by atoms with E-state index in [0.29, 0.717) is 18.8 Å². The second-order valence-electron chi connectivity index (χ2n) is 5.03. The normalized spacial score (nSPS) is 16.7. The van der Waals surface area contributed by atoms with Crippen molar-refractivity contribution in [2.24, 2.45) is 5.73 Å². The van der Waals surface area contributed by atoms with Gasteiger partial charge in [-0.2, -0.15) is 0 Å². The molecule has 1 aromatic rings. The first kappa shape index (κ1) is 13.5. The highest BCUT2D eigenvalue weighted by atomic mass is 16.6. The average molecular weight is 266 g/mol. The maximum absolute atomic E-state index is 12.0. The van der Waals surface area contributed by atoms with Crippen LogP contribution in [0.1, 0.15) is 36.7 Å². The molecule has 19 heavy (non-hydrogen) atoms. The van der Waals surface area contributed by atoms with Crippen molar-refractivity contribution in [2.45, 2.75) is 38.3 Å². The van der Waals surface area contributed by atoms with Crippen LogP contribution in [0.4, 0.5) is 5.69 Å².